The highest BCUT2D eigenvalue weighted by Crippen LogP contribution is 2.31. The van der Waals surface area contributed by atoms with Gasteiger partial charge in [0.2, 0.25) is 5.91 Å². The van der Waals surface area contributed by atoms with Crippen molar-refractivity contribution >= 4 is 28.8 Å². The van der Waals surface area contributed by atoms with Crippen molar-refractivity contribution in [3.05, 3.63) is 76.0 Å². The number of aromatic nitrogens is 1. The molecule has 0 radical (unpaired) electrons. The summed E-state index contributed by atoms with van der Waals surface area (Å²) in [5, 5.41) is 3.17. The van der Waals surface area contributed by atoms with Gasteiger partial charge in [0.15, 0.2) is 0 Å². The molecule has 1 amide bonds. The Morgan fingerprint density at radius 2 is 1.96 bits per heavy atom. The molecule has 0 N–H and O–H groups in total. The van der Waals surface area contributed by atoms with Crippen molar-refractivity contribution in [1.29, 1.82) is 0 Å². The van der Waals surface area contributed by atoms with E-state index in [2.05, 4.69) is 4.98 Å². The van der Waals surface area contributed by atoms with Crippen LogP contribution in [0, 0.1) is 5.82 Å². The molecule has 138 valence electrons. The van der Waals surface area contributed by atoms with E-state index in [0.717, 1.165) is 29.1 Å². The van der Waals surface area contributed by atoms with E-state index in [9.17, 15) is 9.18 Å². The van der Waals surface area contributed by atoms with E-state index in [1.807, 2.05) is 35.7 Å². The summed E-state index contributed by atoms with van der Waals surface area (Å²) < 4.78 is 14.1. The minimum atomic E-state index is -0.374. The minimum Gasteiger partial charge on any atom is -0.335 e. The van der Waals surface area contributed by atoms with Gasteiger partial charge in [-0.25, -0.2) is 9.37 Å². The van der Waals surface area contributed by atoms with Gasteiger partial charge in [-0.15, -0.1) is 11.3 Å². The van der Waals surface area contributed by atoms with Crippen LogP contribution >= 0.6 is 22.9 Å². The van der Waals surface area contributed by atoms with Crippen molar-refractivity contribution < 1.29 is 9.18 Å². The summed E-state index contributed by atoms with van der Waals surface area (Å²) in [4.78, 5) is 19.2. The van der Waals surface area contributed by atoms with Crippen LogP contribution in [0.2, 0.25) is 5.02 Å². The van der Waals surface area contributed by atoms with E-state index in [0.29, 0.717) is 10.6 Å². The fraction of sp³-hybridized carbons (Fsp3) is 0.238. The molecular formula is C21H18ClFN2OS. The van der Waals surface area contributed by atoms with Gasteiger partial charge in [-0.1, -0.05) is 48.0 Å². The van der Waals surface area contributed by atoms with Gasteiger partial charge in [-0.3, -0.25) is 4.79 Å². The first-order valence-corrected chi connectivity index (χ1v) is 10.1. The van der Waals surface area contributed by atoms with Crippen LogP contribution in [0.1, 0.15) is 24.1 Å². The molecule has 1 heterocycles. The summed E-state index contributed by atoms with van der Waals surface area (Å²) in [5.41, 5.74) is 2.16. The summed E-state index contributed by atoms with van der Waals surface area (Å²) >= 11 is 7.67. The van der Waals surface area contributed by atoms with Gasteiger partial charge in [-0.2, -0.15) is 0 Å². The van der Waals surface area contributed by atoms with Gasteiger partial charge < -0.3 is 4.90 Å². The highest BCUT2D eigenvalue weighted by atomic mass is 35.5. The maximum atomic E-state index is 14.1. The summed E-state index contributed by atoms with van der Waals surface area (Å²) in [6.45, 7) is 0.199. The zero-order valence-corrected chi connectivity index (χ0v) is 16.1. The van der Waals surface area contributed by atoms with Gasteiger partial charge >= 0.3 is 0 Å². The van der Waals surface area contributed by atoms with Gasteiger partial charge in [0.05, 0.1) is 18.7 Å². The standard InChI is InChI=1S/C21H18ClFN2OS/c22-18-7-4-8-19(23)17(18)12-25(16-9-10-16)20(26)11-15-13-27-21(24-15)14-5-2-1-3-6-14/h1-8,13,16H,9-12H2. The second-order valence-corrected chi connectivity index (χ2v) is 7.91. The van der Waals surface area contributed by atoms with Crippen molar-refractivity contribution in [3.63, 3.8) is 0 Å². The number of hydrogen-bond donors (Lipinski definition) is 0. The molecule has 0 spiro atoms. The SMILES string of the molecule is O=C(Cc1csc(-c2ccccc2)n1)N(Cc1c(F)cccc1Cl)C1CC1. The smallest absolute Gasteiger partial charge is 0.229 e. The predicted octanol–water partition coefficient (Wildman–Crippen LogP) is 5.34. The first-order chi connectivity index (χ1) is 13.1. The van der Waals surface area contributed by atoms with E-state index in [-0.39, 0.29) is 30.7 Å². The first kappa shape index (κ1) is 18.1. The molecule has 0 atom stereocenters. The molecule has 3 nitrogen and oxygen atoms in total. The molecule has 0 aliphatic heterocycles. The largest absolute Gasteiger partial charge is 0.335 e. The molecule has 27 heavy (non-hydrogen) atoms. The zero-order valence-electron chi connectivity index (χ0n) is 14.6. The second kappa shape index (κ2) is 7.79. The second-order valence-electron chi connectivity index (χ2n) is 6.64. The Labute approximate surface area is 166 Å². The molecule has 4 rings (SSSR count). The zero-order chi connectivity index (χ0) is 18.8. The van der Waals surface area contributed by atoms with Crippen LogP contribution in [0.5, 0.6) is 0 Å². The molecule has 1 fully saturated rings. The Morgan fingerprint density at radius 1 is 1.19 bits per heavy atom. The molecule has 1 saturated carbocycles. The number of halogens is 2. The van der Waals surface area contributed by atoms with E-state index in [4.69, 9.17) is 11.6 Å². The molecule has 2 aromatic carbocycles. The summed E-state index contributed by atoms with van der Waals surface area (Å²) in [5.74, 6) is -0.414. The van der Waals surface area contributed by atoms with Crippen molar-refractivity contribution in [2.75, 3.05) is 0 Å². The van der Waals surface area contributed by atoms with Crippen molar-refractivity contribution in [1.82, 2.24) is 9.88 Å². The molecule has 1 aromatic heterocycles. The van der Waals surface area contributed by atoms with E-state index < -0.39 is 0 Å². The Hall–Kier alpha value is -2.24. The van der Waals surface area contributed by atoms with E-state index in [1.165, 1.54) is 17.4 Å². The lowest BCUT2D eigenvalue weighted by Crippen LogP contribution is -2.34. The maximum absolute atomic E-state index is 14.1. The molecule has 0 unspecified atom stereocenters. The van der Waals surface area contributed by atoms with Crippen LogP contribution in [0.15, 0.2) is 53.9 Å². The van der Waals surface area contributed by atoms with E-state index >= 15 is 0 Å². The highest BCUT2D eigenvalue weighted by Gasteiger charge is 2.33. The predicted molar refractivity (Wildman–Crippen MR) is 106 cm³/mol. The highest BCUT2D eigenvalue weighted by molar-refractivity contribution is 7.13. The Balaban J connectivity index is 1.50. The minimum absolute atomic E-state index is 0.0401. The fourth-order valence-corrected chi connectivity index (χ4v) is 4.07. The van der Waals surface area contributed by atoms with Gasteiger partial charge in [0, 0.05) is 27.6 Å². The molecule has 0 saturated heterocycles. The van der Waals surface area contributed by atoms with E-state index in [1.54, 1.807) is 17.0 Å². The Bertz CT molecular complexity index is 936. The molecule has 6 heteroatoms. The average molecular weight is 401 g/mol. The number of amides is 1. The van der Waals surface area contributed by atoms with Crippen molar-refractivity contribution in [2.24, 2.45) is 0 Å². The van der Waals surface area contributed by atoms with Crippen LogP contribution in [-0.2, 0) is 17.8 Å². The third-order valence-corrected chi connectivity index (χ3v) is 5.90. The number of hydrogen-bond acceptors (Lipinski definition) is 3. The lowest BCUT2D eigenvalue weighted by molar-refractivity contribution is -0.131. The number of carbonyl (C=O) groups is 1. The average Bonchev–Trinajstić information content (AvgIpc) is 3.40. The summed E-state index contributed by atoms with van der Waals surface area (Å²) in [7, 11) is 0. The van der Waals surface area contributed by atoms with Crippen LogP contribution in [0.3, 0.4) is 0 Å². The Morgan fingerprint density at radius 3 is 2.67 bits per heavy atom. The third-order valence-electron chi connectivity index (χ3n) is 4.60. The number of nitrogens with zero attached hydrogens (tertiary/aromatic N) is 2. The summed E-state index contributed by atoms with van der Waals surface area (Å²) in [6.07, 6.45) is 2.11. The molecular weight excluding hydrogens is 383 g/mol. The van der Waals surface area contributed by atoms with Crippen molar-refractivity contribution in [2.45, 2.75) is 31.8 Å². The lowest BCUT2D eigenvalue weighted by Gasteiger charge is -2.23. The molecule has 1 aliphatic carbocycles. The van der Waals surface area contributed by atoms with Crippen molar-refractivity contribution in [3.8, 4) is 10.6 Å². The topological polar surface area (TPSA) is 33.2 Å². The number of rotatable bonds is 6. The molecule has 1 aliphatic rings. The quantitative estimate of drug-likeness (QED) is 0.559. The van der Waals surface area contributed by atoms with Gasteiger partial charge in [0.1, 0.15) is 10.8 Å². The number of thiazole rings is 1. The number of carbonyl (C=O) groups excluding carboxylic acids is 1. The fourth-order valence-electron chi connectivity index (χ4n) is 3.02. The van der Waals surface area contributed by atoms with Crippen LogP contribution in [-0.4, -0.2) is 21.8 Å². The summed E-state index contributed by atoms with van der Waals surface area (Å²) in [6, 6.07) is 14.7. The third kappa shape index (κ3) is 4.20. The Kier molecular flexibility index (Phi) is 5.23. The van der Waals surface area contributed by atoms with Crippen LogP contribution in [0.4, 0.5) is 4.39 Å². The van der Waals surface area contributed by atoms with Gasteiger partial charge in [-0.05, 0) is 25.0 Å². The van der Waals surface area contributed by atoms with Crippen LogP contribution in [0.25, 0.3) is 10.6 Å². The maximum Gasteiger partial charge on any atom is 0.229 e. The van der Waals surface area contributed by atoms with Crippen LogP contribution < -0.4 is 0 Å². The number of benzene rings is 2. The normalized spacial score (nSPS) is 13.6. The first-order valence-electron chi connectivity index (χ1n) is 8.84. The molecule has 0 bridgehead atoms. The lowest BCUT2D eigenvalue weighted by atomic mass is 10.1. The van der Waals surface area contributed by atoms with Gasteiger partial charge in [0.25, 0.3) is 0 Å². The molecule has 3 aromatic rings. The monoisotopic (exact) mass is 400 g/mol.